The van der Waals surface area contributed by atoms with E-state index in [0.717, 1.165) is 36.5 Å². The molecule has 174 valence electrons. The summed E-state index contributed by atoms with van der Waals surface area (Å²) in [4.78, 5) is 15.5. The zero-order valence-corrected chi connectivity index (χ0v) is 22.8. The summed E-state index contributed by atoms with van der Waals surface area (Å²) in [6.45, 7) is 0.292. The van der Waals surface area contributed by atoms with E-state index >= 15 is 0 Å². The lowest BCUT2D eigenvalue weighted by Crippen LogP contribution is -2.27. The van der Waals surface area contributed by atoms with E-state index in [-0.39, 0.29) is 11.7 Å². The number of hydrogen-bond donors (Lipinski definition) is 0. The molecule has 0 spiro atoms. The fourth-order valence-corrected chi connectivity index (χ4v) is 6.50. The van der Waals surface area contributed by atoms with Crippen LogP contribution < -0.4 is 9.64 Å². The largest absolute Gasteiger partial charge is 0.487 e. The van der Waals surface area contributed by atoms with Crippen molar-refractivity contribution in [3.05, 3.63) is 110 Å². The molecule has 4 aromatic rings. The van der Waals surface area contributed by atoms with Crippen LogP contribution in [-0.4, -0.2) is 10.2 Å². The molecule has 5 rings (SSSR count). The van der Waals surface area contributed by atoms with E-state index in [1.165, 1.54) is 23.9 Å². The number of anilines is 1. The van der Waals surface area contributed by atoms with Gasteiger partial charge in [-0.05, 0) is 84.8 Å². The van der Waals surface area contributed by atoms with Gasteiger partial charge in [0.15, 0.2) is 4.32 Å². The highest BCUT2D eigenvalue weighted by atomic mass is 79.9. The number of nitrogens with zero attached hydrogens (tertiary/aromatic N) is 1. The molecule has 0 N–H and O–H groups in total. The van der Waals surface area contributed by atoms with Crippen molar-refractivity contribution in [1.29, 1.82) is 0 Å². The average Bonchev–Trinajstić information content (AvgIpc) is 3.11. The summed E-state index contributed by atoms with van der Waals surface area (Å²) in [7, 11) is 0. The third-order valence-electron chi connectivity index (χ3n) is 5.42. The number of amides is 1. The number of fused-ring (bicyclic) bond motifs is 1. The van der Waals surface area contributed by atoms with Crippen molar-refractivity contribution in [1.82, 2.24) is 0 Å². The van der Waals surface area contributed by atoms with Gasteiger partial charge in [0.2, 0.25) is 0 Å². The Morgan fingerprint density at radius 3 is 2.40 bits per heavy atom. The lowest BCUT2D eigenvalue weighted by Gasteiger charge is -2.17. The van der Waals surface area contributed by atoms with E-state index < -0.39 is 0 Å². The zero-order valence-electron chi connectivity index (χ0n) is 18.0. The highest BCUT2D eigenvalue weighted by Gasteiger charge is 2.34. The Kier molecular flexibility index (Phi) is 7.07. The van der Waals surface area contributed by atoms with Gasteiger partial charge >= 0.3 is 0 Å². The van der Waals surface area contributed by atoms with Crippen molar-refractivity contribution >= 4 is 88.6 Å². The Bertz CT molecular complexity index is 1480. The minimum atomic E-state index is -0.286. The number of halogens is 3. The van der Waals surface area contributed by atoms with Crippen LogP contribution in [0.2, 0.25) is 0 Å². The van der Waals surface area contributed by atoms with E-state index in [4.69, 9.17) is 17.0 Å². The highest BCUT2D eigenvalue weighted by Crippen LogP contribution is 2.41. The van der Waals surface area contributed by atoms with Crippen LogP contribution in [0, 0.1) is 5.82 Å². The van der Waals surface area contributed by atoms with Crippen molar-refractivity contribution in [2.75, 3.05) is 4.90 Å². The molecule has 35 heavy (non-hydrogen) atoms. The fourth-order valence-electron chi connectivity index (χ4n) is 3.77. The number of thiocarbonyl (C=S) groups is 1. The number of hydrogen-bond acceptors (Lipinski definition) is 4. The zero-order chi connectivity index (χ0) is 24.5. The second kappa shape index (κ2) is 10.2. The average molecular weight is 629 g/mol. The quantitative estimate of drug-likeness (QED) is 0.164. The molecule has 4 aromatic carbocycles. The molecular formula is C27H16Br2FNO2S2. The predicted octanol–water partition coefficient (Wildman–Crippen LogP) is 8.49. The number of rotatable bonds is 5. The molecule has 0 bridgehead atoms. The van der Waals surface area contributed by atoms with Crippen molar-refractivity contribution in [3.63, 3.8) is 0 Å². The number of carbonyl (C=O) groups excluding carboxylic acids is 1. The van der Waals surface area contributed by atoms with Crippen molar-refractivity contribution in [2.24, 2.45) is 0 Å². The first kappa shape index (κ1) is 24.2. The van der Waals surface area contributed by atoms with Crippen LogP contribution in [0.4, 0.5) is 10.1 Å². The molecule has 1 aliphatic heterocycles. The van der Waals surface area contributed by atoms with E-state index in [0.29, 0.717) is 21.6 Å². The summed E-state index contributed by atoms with van der Waals surface area (Å²) < 4.78 is 21.0. The summed E-state index contributed by atoms with van der Waals surface area (Å²) >= 11 is 14.0. The van der Waals surface area contributed by atoms with E-state index in [1.54, 1.807) is 17.0 Å². The Hall–Kier alpha value is -2.52. The van der Waals surface area contributed by atoms with Gasteiger partial charge in [-0.2, -0.15) is 0 Å². The Morgan fingerprint density at radius 2 is 1.66 bits per heavy atom. The van der Waals surface area contributed by atoms with Crippen LogP contribution >= 0.6 is 55.8 Å². The summed E-state index contributed by atoms with van der Waals surface area (Å²) in [6, 6.07) is 23.7. The lowest BCUT2D eigenvalue weighted by molar-refractivity contribution is -0.113. The number of thioether (sulfide) groups is 1. The van der Waals surface area contributed by atoms with Gasteiger partial charge in [0.05, 0.1) is 19.5 Å². The first-order valence-corrected chi connectivity index (χ1v) is 13.3. The van der Waals surface area contributed by atoms with Gasteiger partial charge in [-0.1, -0.05) is 72.5 Å². The SMILES string of the molecule is O=C1/C(=C/c2cc(Br)c(OCc3ccc(F)cc3)c(Br)c2)SC(=S)N1c1cccc2ccccc12. The molecule has 1 amide bonds. The topological polar surface area (TPSA) is 29.5 Å². The third-order valence-corrected chi connectivity index (χ3v) is 7.90. The molecule has 3 nitrogen and oxygen atoms in total. The number of carbonyl (C=O) groups is 1. The number of benzene rings is 4. The smallest absolute Gasteiger partial charge is 0.270 e. The van der Waals surface area contributed by atoms with E-state index in [9.17, 15) is 9.18 Å². The molecule has 1 heterocycles. The second-order valence-electron chi connectivity index (χ2n) is 7.74. The van der Waals surface area contributed by atoms with Crippen molar-refractivity contribution in [2.45, 2.75) is 6.61 Å². The first-order valence-electron chi connectivity index (χ1n) is 10.5. The molecule has 0 radical (unpaired) electrons. The van der Waals surface area contributed by atoms with Crippen LogP contribution in [0.1, 0.15) is 11.1 Å². The van der Waals surface area contributed by atoms with Crippen LogP contribution in [0.15, 0.2) is 92.7 Å². The molecule has 1 saturated heterocycles. The fraction of sp³-hybridized carbons (Fsp3) is 0.0370. The van der Waals surface area contributed by atoms with Crippen LogP contribution in [0.25, 0.3) is 16.8 Å². The van der Waals surface area contributed by atoms with Gasteiger partial charge in [0, 0.05) is 5.39 Å². The monoisotopic (exact) mass is 627 g/mol. The molecule has 0 saturated carbocycles. The van der Waals surface area contributed by atoms with Gasteiger partial charge < -0.3 is 4.74 Å². The van der Waals surface area contributed by atoms with Gasteiger partial charge in [-0.15, -0.1) is 0 Å². The Labute approximate surface area is 228 Å². The van der Waals surface area contributed by atoms with Crippen molar-refractivity contribution < 1.29 is 13.9 Å². The van der Waals surface area contributed by atoms with Gasteiger partial charge in [0.25, 0.3) is 5.91 Å². The minimum absolute atomic E-state index is 0.153. The van der Waals surface area contributed by atoms with Crippen LogP contribution in [0.3, 0.4) is 0 Å². The molecular weight excluding hydrogens is 613 g/mol. The van der Waals surface area contributed by atoms with Gasteiger partial charge in [-0.3, -0.25) is 9.69 Å². The molecule has 1 fully saturated rings. The maximum atomic E-state index is 13.4. The standard InChI is InChI=1S/C27H16Br2FNO2S2/c28-21-12-17(13-22(29)25(21)33-15-16-8-10-19(30)11-9-16)14-24-26(32)31(27(34)35-24)23-7-3-5-18-4-1-2-6-20(18)23/h1-14H,15H2/b24-14-. The second-order valence-corrected chi connectivity index (χ2v) is 11.1. The molecule has 0 aliphatic carbocycles. The minimum Gasteiger partial charge on any atom is -0.487 e. The Balaban J connectivity index is 1.40. The molecule has 0 unspecified atom stereocenters. The molecule has 0 aromatic heterocycles. The number of ether oxygens (including phenoxy) is 1. The maximum absolute atomic E-state index is 13.4. The first-order chi connectivity index (χ1) is 16.9. The summed E-state index contributed by atoms with van der Waals surface area (Å²) in [5.41, 5.74) is 2.45. The van der Waals surface area contributed by atoms with E-state index in [2.05, 4.69) is 31.9 Å². The lowest BCUT2D eigenvalue weighted by atomic mass is 10.1. The molecule has 0 atom stereocenters. The van der Waals surface area contributed by atoms with Crippen molar-refractivity contribution in [3.8, 4) is 5.75 Å². The molecule has 8 heteroatoms. The maximum Gasteiger partial charge on any atom is 0.270 e. The molecule has 1 aliphatic rings. The summed E-state index contributed by atoms with van der Waals surface area (Å²) in [5, 5.41) is 2.02. The summed E-state index contributed by atoms with van der Waals surface area (Å²) in [6.07, 6.45) is 1.82. The Morgan fingerprint density at radius 1 is 0.971 bits per heavy atom. The van der Waals surface area contributed by atoms with Crippen LogP contribution in [0.5, 0.6) is 5.75 Å². The van der Waals surface area contributed by atoms with E-state index in [1.807, 2.05) is 60.7 Å². The van der Waals surface area contributed by atoms with Gasteiger partial charge in [0.1, 0.15) is 18.2 Å². The normalized spacial score (nSPS) is 14.8. The highest BCUT2D eigenvalue weighted by molar-refractivity contribution is 9.11. The van der Waals surface area contributed by atoms with Gasteiger partial charge in [-0.25, -0.2) is 4.39 Å². The predicted molar refractivity (Wildman–Crippen MR) is 152 cm³/mol. The van der Waals surface area contributed by atoms with Crippen LogP contribution in [-0.2, 0) is 11.4 Å². The third kappa shape index (κ3) is 5.07. The summed E-state index contributed by atoms with van der Waals surface area (Å²) in [5.74, 6) is 0.182.